The van der Waals surface area contributed by atoms with E-state index >= 15 is 0 Å². The number of rotatable bonds is 5. The van der Waals surface area contributed by atoms with E-state index in [0.717, 1.165) is 54.7 Å². The van der Waals surface area contributed by atoms with Crippen LogP contribution in [-0.4, -0.2) is 18.2 Å². The molecule has 0 aromatic heterocycles. The Hall–Kier alpha value is -2.16. The van der Waals surface area contributed by atoms with Crippen LogP contribution in [-0.2, 0) is 11.2 Å². The minimum Gasteiger partial charge on any atom is -0.493 e. The van der Waals surface area contributed by atoms with Crippen molar-refractivity contribution in [3.05, 3.63) is 52.6 Å². The van der Waals surface area contributed by atoms with Gasteiger partial charge in [-0.05, 0) is 56.4 Å². The molecule has 1 aromatic carbocycles. The maximum Gasteiger partial charge on any atom is 0.163 e. The SMILES string of the molecule is CC1=C(C(=O)CCC(=O)c2ccc3c(c2)CCCO3)C=CCC1. The van der Waals surface area contributed by atoms with Crippen molar-refractivity contribution in [2.45, 2.75) is 45.4 Å². The first kappa shape index (κ1) is 15.7. The molecule has 23 heavy (non-hydrogen) atoms. The minimum absolute atomic E-state index is 0.0322. The molecule has 120 valence electrons. The van der Waals surface area contributed by atoms with Crippen molar-refractivity contribution in [2.24, 2.45) is 0 Å². The van der Waals surface area contributed by atoms with E-state index in [1.165, 1.54) is 0 Å². The molecule has 0 radical (unpaired) electrons. The van der Waals surface area contributed by atoms with Gasteiger partial charge in [0.05, 0.1) is 6.61 Å². The van der Waals surface area contributed by atoms with E-state index in [1.807, 2.05) is 37.3 Å². The second-order valence-corrected chi connectivity index (χ2v) is 6.26. The fourth-order valence-electron chi connectivity index (χ4n) is 3.15. The van der Waals surface area contributed by atoms with Gasteiger partial charge in [0.15, 0.2) is 11.6 Å². The number of allylic oxidation sites excluding steroid dienone is 4. The highest BCUT2D eigenvalue weighted by atomic mass is 16.5. The second kappa shape index (κ2) is 6.95. The third-order valence-electron chi connectivity index (χ3n) is 4.54. The van der Waals surface area contributed by atoms with Gasteiger partial charge in [0.2, 0.25) is 0 Å². The summed E-state index contributed by atoms with van der Waals surface area (Å²) in [5.74, 6) is 0.995. The van der Waals surface area contributed by atoms with Gasteiger partial charge in [-0.1, -0.05) is 17.7 Å². The van der Waals surface area contributed by atoms with Gasteiger partial charge in [0, 0.05) is 24.0 Å². The Labute approximate surface area is 137 Å². The van der Waals surface area contributed by atoms with E-state index in [4.69, 9.17) is 4.74 Å². The zero-order valence-electron chi connectivity index (χ0n) is 13.6. The molecule has 1 aliphatic carbocycles. The first-order chi connectivity index (χ1) is 11.1. The Balaban J connectivity index is 1.63. The van der Waals surface area contributed by atoms with Crippen LogP contribution in [0, 0.1) is 0 Å². The van der Waals surface area contributed by atoms with Crippen LogP contribution in [0.3, 0.4) is 0 Å². The number of carbonyl (C=O) groups is 2. The standard InChI is InChI=1S/C20H22O3/c1-14-5-2-3-7-17(14)19(22)10-9-18(21)15-8-11-20-16(13-15)6-4-12-23-20/h3,7-8,11,13H,2,4-6,9-10,12H2,1H3. The first-order valence-electron chi connectivity index (χ1n) is 8.33. The van der Waals surface area contributed by atoms with Gasteiger partial charge < -0.3 is 4.74 Å². The van der Waals surface area contributed by atoms with Gasteiger partial charge in [-0.15, -0.1) is 0 Å². The number of aryl methyl sites for hydroxylation is 1. The highest BCUT2D eigenvalue weighted by Gasteiger charge is 2.17. The number of hydrogen-bond acceptors (Lipinski definition) is 3. The van der Waals surface area contributed by atoms with E-state index < -0.39 is 0 Å². The molecule has 3 nitrogen and oxygen atoms in total. The van der Waals surface area contributed by atoms with Crippen LogP contribution >= 0.6 is 0 Å². The molecular formula is C20H22O3. The molecule has 3 rings (SSSR count). The summed E-state index contributed by atoms with van der Waals surface area (Å²) in [7, 11) is 0. The van der Waals surface area contributed by atoms with Gasteiger partial charge in [-0.25, -0.2) is 0 Å². The van der Waals surface area contributed by atoms with Crippen molar-refractivity contribution in [3.63, 3.8) is 0 Å². The Morgan fingerprint density at radius 1 is 1.13 bits per heavy atom. The Kier molecular flexibility index (Phi) is 4.75. The summed E-state index contributed by atoms with van der Waals surface area (Å²) in [4.78, 5) is 24.7. The minimum atomic E-state index is 0.0322. The summed E-state index contributed by atoms with van der Waals surface area (Å²) in [5.41, 5.74) is 3.72. The summed E-state index contributed by atoms with van der Waals surface area (Å²) in [6.45, 7) is 2.75. The van der Waals surface area contributed by atoms with Gasteiger partial charge >= 0.3 is 0 Å². The van der Waals surface area contributed by atoms with Gasteiger partial charge in [0.1, 0.15) is 5.75 Å². The maximum absolute atomic E-state index is 12.4. The summed E-state index contributed by atoms with van der Waals surface area (Å²) < 4.78 is 5.57. The summed E-state index contributed by atoms with van der Waals surface area (Å²) in [6.07, 6.45) is 8.37. The van der Waals surface area contributed by atoms with Crippen LogP contribution in [0.1, 0.15) is 54.9 Å². The molecule has 0 bridgehead atoms. The van der Waals surface area contributed by atoms with Crippen LogP contribution in [0.25, 0.3) is 0 Å². The third kappa shape index (κ3) is 3.61. The highest BCUT2D eigenvalue weighted by molar-refractivity contribution is 6.03. The molecule has 0 saturated heterocycles. The van der Waals surface area contributed by atoms with Crippen molar-refractivity contribution in [3.8, 4) is 5.75 Å². The monoisotopic (exact) mass is 310 g/mol. The molecule has 0 amide bonds. The average molecular weight is 310 g/mol. The highest BCUT2D eigenvalue weighted by Crippen LogP contribution is 2.26. The molecule has 2 aliphatic rings. The first-order valence-corrected chi connectivity index (χ1v) is 8.33. The molecule has 0 fully saturated rings. The quantitative estimate of drug-likeness (QED) is 0.765. The maximum atomic E-state index is 12.4. The second-order valence-electron chi connectivity index (χ2n) is 6.26. The van der Waals surface area contributed by atoms with Gasteiger partial charge in [0.25, 0.3) is 0 Å². The number of Topliss-reactive ketones (excluding diaryl/α,β-unsaturated/α-hetero) is 2. The molecule has 1 heterocycles. The molecular weight excluding hydrogens is 288 g/mol. The largest absolute Gasteiger partial charge is 0.493 e. The zero-order chi connectivity index (χ0) is 16.2. The molecule has 0 atom stereocenters. The lowest BCUT2D eigenvalue weighted by Crippen LogP contribution is -2.11. The van der Waals surface area contributed by atoms with Crippen LogP contribution in [0.15, 0.2) is 41.5 Å². The van der Waals surface area contributed by atoms with Crippen molar-refractivity contribution < 1.29 is 14.3 Å². The van der Waals surface area contributed by atoms with Crippen LogP contribution in [0.2, 0.25) is 0 Å². The summed E-state index contributed by atoms with van der Waals surface area (Å²) in [6, 6.07) is 5.61. The van der Waals surface area contributed by atoms with E-state index in [1.54, 1.807) is 0 Å². The lowest BCUT2D eigenvalue weighted by Gasteiger charge is -2.17. The average Bonchev–Trinajstić information content (AvgIpc) is 2.59. The number of hydrogen-bond donors (Lipinski definition) is 0. The molecule has 1 aromatic rings. The molecule has 0 spiro atoms. The number of ketones is 2. The smallest absolute Gasteiger partial charge is 0.163 e. The van der Waals surface area contributed by atoms with Gasteiger partial charge in [-0.2, -0.15) is 0 Å². The fraction of sp³-hybridized carbons (Fsp3) is 0.400. The predicted molar refractivity (Wildman–Crippen MR) is 89.9 cm³/mol. The van der Waals surface area contributed by atoms with Crippen LogP contribution in [0.5, 0.6) is 5.75 Å². The Morgan fingerprint density at radius 3 is 2.78 bits per heavy atom. The number of carbonyl (C=O) groups excluding carboxylic acids is 2. The van der Waals surface area contributed by atoms with Crippen LogP contribution < -0.4 is 4.74 Å². The predicted octanol–water partition coefficient (Wildman–Crippen LogP) is 4.21. The van der Waals surface area contributed by atoms with E-state index in [0.29, 0.717) is 5.56 Å². The Morgan fingerprint density at radius 2 is 1.96 bits per heavy atom. The number of fused-ring (bicyclic) bond motifs is 1. The normalized spacial score (nSPS) is 16.7. The molecule has 0 unspecified atom stereocenters. The number of benzene rings is 1. The molecule has 0 saturated carbocycles. The summed E-state index contributed by atoms with van der Waals surface area (Å²) in [5, 5.41) is 0. The molecule has 0 N–H and O–H groups in total. The van der Waals surface area contributed by atoms with Crippen molar-refractivity contribution >= 4 is 11.6 Å². The lowest BCUT2D eigenvalue weighted by atomic mass is 9.92. The van der Waals surface area contributed by atoms with Crippen LogP contribution in [0.4, 0.5) is 0 Å². The zero-order valence-corrected chi connectivity index (χ0v) is 13.6. The van der Waals surface area contributed by atoms with Gasteiger partial charge in [-0.3, -0.25) is 9.59 Å². The van der Waals surface area contributed by atoms with Crippen molar-refractivity contribution in [1.29, 1.82) is 0 Å². The van der Waals surface area contributed by atoms with Crippen molar-refractivity contribution in [2.75, 3.05) is 6.61 Å². The lowest BCUT2D eigenvalue weighted by molar-refractivity contribution is -0.115. The van der Waals surface area contributed by atoms with E-state index in [-0.39, 0.29) is 24.4 Å². The van der Waals surface area contributed by atoms with E-state index in [2.05, 4.69) is 0 Å². The van der Waals surface area contributed by atoms with Crippen molar-refractivity contribution in [1.82, 2.24) is 0 Å². The topological polar surface area (TPSA) is 43.4 Å². The fourth-order valence-corrected chi connectivity index (χ4v) is 3.15. The molecule has 1 aliphatic heterocycles. The number of ether oxygens (including phenoxy) is 1. The Bertz CT molecular complexity index is 695. The van der Waals surface area contributed by atoms with E-state index in [9.17, 15) is 9.59 Å². The third-order valence-corrected chi connectivity index (χ3v) is 4.54. The summed E-state index contributed by atoms with van der Waals surface area (Å²) >= 11 is 0. The molecule has 3 heteroatoms.